The van der Waals surface area contributed by atoms with E-state index in [1.807, 2.05) is 6.92 Å². The van der Waals surface area contributed by atoms with Gasteiger partial charge in [-0.15, -0.1) is 0 Å². The van der Waals surface area contributed by atoms with Gasteiger partial charge in [0, 0.05) is 39.2 Å². The van der Waals surface area contributed by atoms with E-state index >= 15 is 0 Å². The summed E-state index contributed by atoms with van der Waals surface area (Å²) in [5.41, 5.74) is 10.9. The molecule has 2 unspecified atom stereocenters. The summed E-state index contributed by atoms with van der Waals surface area (Å²) >= 11 is 0. The zero-order valence-electron chi connectivity index (χ0n) is 26.6. The van der Waals surface area contributed by atoms with Crippen molar-refractivity contribution in [2.24, 2.45) is 0 Å². The fraction of sp³-hybridized carbons (Fsp3) is 0.262. The number of unbranched alkanes of at least 4 members (excludes halogenated alkanes) is 1. The molecular weight excluding hydrogens is 564 g/mol. The Labute approximate surface area is 270 Å². The van der Waals surface area contributed by atoms with Crippen LogP contribution in [0.3, 0.4) is 0 Å². The number of hydrogen-bond acceptors (Lipinski definition) is 4. The van der Waals surface area contributed by atoms with Crippen molar-refractivity contribution in [1.29, 1.82) is 0 Å². The lowest BCUT2D eigenvalue weighted by Crippen LogP contribution is -2.38. The molecule has 2 aliphatic rings. The lowest BCUT2D eigenvalue weighted by Gasteiger charge is -2.42. The SMILES string of the molecule is CCCCC1(CC2(CCC(=O)OCC)c3ccccc3-c3nc4ccccc4cc32)c2ccccc2-c2nc3ccccc3cc21. The highest BCUT2D eigenvalue weighted by Crippen LogP contribution is 2.62. The zero-order valence-corrected chi connectivity index (χ0v) is 26.6. The van der Waals surface area contributed by atoms with Gasteiger partial charge in [-0.25, -0.2) is 9.97 Å². The number of benzene rings is 4. The van der Waals surface area contributed by atoms with Crippen LogP contribution in [-0.2, 0) is 20.4 Å². The molecule has 0 saturated heterocycles. The maximum Gasteiger partial charge on any atom is 0.305 e. The summed E-state index contributed by atoms with van der Waals surface area (Å²) in [6, 6.07) is 39.3. The van der Waals surface area contributed by atoms with E-state index in [1.165, 1.54) is 33.4 Å². The molecular formula is C42H38N2O2. The van der Waals surface area contributed by atoms with Crippen LogP contribution < -0.4 is 0 Å². The normalized spacial score (nSPS) is 19.1. The van der Waals surface area contributed by atoms with Crippen molar-refractivity contribution in [3.8, 4) is 22.5 Å². The molecule has 2 aliphatic carbocycles. The molecule has 4 nitrogen and oxygen atoms in total. The van der Waals surface area contributed by atoms with E-state index in [0.29, 0.717) is 19.4 Å². The van der Waals surface area contributed by atoms with Crippen molar-refractivity contribution in [2.45, 2.75) is 63.2 Å². The second-order valence-corrected chi connectivity index (χ2v) is 13.0. The quantitative estimate of drug-likeness (QED) is 0.155. The van der Waals surface area contributed by atoms with Crippen molar-refractivity contribution in [3.05, 3.63) is 131 Å². The predicted octanol–water partition coefficient (Wildman–Crippen LogP) is 9.94. The van der Waals surface area contributed by atoms with Crippen LogP contribution in [0, 0.1) is 0 Å². The molecule has 0 amide bonds. The van der Waals surface area contributed by atoms with Gasteiger partial charge in [0.2, 0.25) is 0 Å². The Bertz CT molecular complexity index is 2130. The van der Waals surface area contributed by atoms with Gasteiger partial charge in [-0.1, -0.05) is 105 Å². The lowest BCUT2D eigenvalue weighted by molar-refractivity contribution is -0.143. The molecule has 2 atom stereocenters. The first-order chi connectivity index (χ1) is 22.6. The number of carbonyl (C=O) groups excluding carboxylic acids is 1. The van der Waals surface area contributed by atoms with E-state index < -0.39 is 5.41 Å². The molecule has 0 N–H and O–H groups in total. The number of nitrogens with zero attached hydrogens (tertiary/aromatic N) is 2. The second-order valence-electron chi connectivity index (χ2n) is 13.0. The van der Waals surface area contributed by atoms with Crippen LogP contribution in [0.15, 0.2) is 109 Å². The first kappa shape index (κ1) is 28.6. The summed E-state index contributed by atoms with van der Waals surface area (Å²) < 4.78 is 5.55. The highest BCUT2D eigenvalue weighted by Gasteiger charge is 2.53. The molecule has 0 radical (unpaired) electrons. The molecule has 8 rings (SSSR count). The molecule has 228 valence electrons. The van der Waals surface area contributed by atoms with E-state index in [4.69, 9.17) is 14.7 Å². The minimum atomic E-state index is -0.468. The smallest absolute Gasteiger partial charge is 0.305 e. The Hall–Kier alpha value is -4.83. The van der Waals surface area contributed by atoms with E-state index in [2.05, 4.69) is 116 Å². The van der Waals surface area contributed by atoms with Crippen LogP contribution in [0.25, 0.3) is 44.3 Å². The van der Waals surface area contributed by atoms with E-state index in [-0.39, 0.29) is 11.4 Å². The zero-order chi connectivity index (χ0) is 31.3. The van der Waals surface area contributed by atoms with Gasteiger partial charge in [0.15, 0.2) is 0 Å². The third-order valence-electron chi connectivity index (χ3n) is 10.5. The molecule has 2 aromatic heterocycles. The highest BCUT2D eigenvalue weighted by atomic mass is 16.5. The molecule has 6 aromatic rings. The molecule has 0 aliphatic heterocycles. The molecule has 2 heterocycles. The monoisotopic (exact) mass is 602 g/mol. The van der Waals surface area contributed by atoms with Crippen molar-refractivity contribution in [3.63, 3.8) is 0 Å². The maximum atomic E-state index is 13.2. The number of rotatable bonds is 9. The summed E-state index contributed by atoms with van der Waals surface area (Å²) in [7, 11) is 0. The molecule has 46 heavy (non-hydrogen) atoms. The third kappa shape index (κ3) is 4.30. The Morgan fingerprint density at radius 1 is 0.630 bits per heavy atom. The Balaban J connectivity index is 1.43. The van der Waals surface area contributed by atoms with Crippen molar-refractivity contribution in [1.82, 2.24) is 9.97 Å². The standard InChI is InChI=1S/C42H38N2O2/c1-3-5-23-41(32-18-10-8-16-30(32)39-34(41)25-28-14-6-12-20-36(28)43-39)27-42(24-22-38(45)46-4-2)33-19-11-9-17-31(33)40-35(42)26-29-15-7-13-21-37(29)44-40/h6-21,25-26H,3-5,22-24,27H2,1-2H3. The van der Waals surface area contributed by atoms with Crippen molar-refractivity contribution in [2.75, 3.05) is 6.61 Å². The van der Waals surface area contributed by atoms with Gasteiger partial charge in [0.05, 0.1) is 29.0 Å². The minimum absolute atomic E-state index is 0.149. The largest absolute Gasteiger partial charge is 0.466 e. The number of carbonyl (C=O) groups is 1. The third-order valence-corrected chi connectivity index (χ3v) is 10.5. The van der Waals surface area contributed by atoms with Crippen molar-refractivity contribution >= 4 is 27.8 Å². The molecule has 0 fully saturated rings. The fourth-order valence-electron chi connectivity index (χ4n) is 8.51. The Morgan fingerprint density at radius 2 is 1.13 bits per heavy atom. The number of fused-ring (bicyclic) bond motifs is 8. The van der Waals surface area contributed by atoms with Gasteiger partial charge in [0.1, 0.15) is 0 Å². The van der Waals surface area contributed by atoms with Crippen LogP contribution in [0.2, 0.25) is 0 Å². The average molecular weight is 603 g/mol. The number of aromatic nitrogens is 2. The molecule has 0 saturated carbocycles. The highest BCUT2D eigenvalue weighted by molar-refractivity contribution is 5.91. The van der Waals surface area contributed by atoms with Crippen LogP contribution in [0.4, 0.5) is 0 Å². The first-order valence-electron chi connectivity index (χ1n) is 16.7. The Kier molecular flexibility index (Phi) is 6.97. The fourth-order valence-corrected chi connectivity index (χ4v) is 8.51. The molecule has 4 aromatic carbocycles. The van der Waals surface area contributed by atoms with Crippen LogP contribution in [0.1, 0.15) is 74.6 Å². The maximum absolute atomic E-state index is 13.2. The molecule has 0 bridgehead atoms. The number of hydrogen-bond donors (Lipinski definition) is 0. The van der Waals surface area contributed by atoms with E-state index in [1.54, 1.807) is 0 Å². The van der Waals surface area contributed by atoms with Crippen LogP contribution in [-0.4, -0.2) is 22.5 Å². The van der Waals surface area contributed by atoms with Gasteiger partial charge >= 0.3 is 5.97 Å². The topological polar surface area (TPSA) is 52.1 Å². The van der Waals surface area contributed by atoms with Gasteiger partial charge in [-0.2, -0.15) is 0 Å². The van der Waals surface area contributed by atoms with Crippen LogP contribution in [0.5, 0.6) is 0 Å². The van der Waals surface area contributed by atoms with Crippen LogP contribution >= 0.6 is 0 Å². The summed E-state index contributed by atoms with van der Waals surface area (Å²) in [6.45, 7) is 4.54. The van der Waals surface area contributed by atoms with E-state index in [9.17, 15) is 4.79 Å². The molecule has 4 heteroatoms. The second kappa shape index (κ2) is 11.2. The summed E-state index contributed by atoms with van der Waals surface area (Å²) in [6.07, 6.45) is 4.96. The summed E-state index contributed by atoms with van der Waals surface area (Å²) in [5, 5.41) is 2.28. The summed E-state index contributed by atoms with van der Waals surface area (Å²) in [4.78, 5) is 23.8. The van der Waals surface area contributed by atoms with Gasteiger partial charge < -0.3 is 4.74 Å². The number of ether oxygens (including phenoxy) is 1. The van der Waals surface area contributed by atoms with Gasteiger partial charge in [0.25, 0.3) is 0 Å². The average Bonchev–Trinajstić information content (AvgIpc) is 3.51. The number of para-hydroxylation sites is 2. The minimum Gasteiger partial charge on any atom is -0.466 e. The Morgan fingerprint density at radius 3 is 1.67 bits per heavy atom. The van der Waals surface area contributed by atoms with Gasteiger partial charge in [-0.05, 0) is 72.7 Å². The van der Waals surface area contributed by atoms with E-state index in [0.717, 1.165) is 58.9 Å². The number of esters is 1. The van der Waals surface area contributed by atoms with Crippen molar-refractivity contribution < 1.29 is 9.53 Å². The first-order valence-corrected chi connectivity index (χ1v) is 16.7. The lowest BCUT2D eigenvalue weighted by atomic mass is 9.59. The summed E-state index contributed by atoms with van der Waals surface area (Å²) in [5.74, 6) is -0.149. The predicted molar refractivity (Wildman–Crippen MR) is 186 cm³/mol. The molecule has 0 spiro atoms. The number of pyridine rings is 2. The van der Waals surface area contributed by atoms with Gasteiger partial charge in [-0.3, -0.25) is 4.79 Å².